The number of hydrogen-bond acceptors (Lipinski definition) is 7. The summed E-state index contributed by atoms with van der Waals surface area (Å²) in [6.07, 6.45) is 1.73. The molecular formula is C26H33N7O4. The lowest BCUT2D eigenvalue weighted by atomic mass is 10.1. The number of anilines is 1. The highest BCUT2D eigenvalue weighted by Crippen LogP contribution is 2.32. The lowest BCUT2D eigenvalue weighted by Crippen LogP contribution is -2.44. The summed E-state index contributed by atoms with van der Waals surface area (Å²) in [6, 6.07) is 8.93. The zero-order valence-corrected chi connectivity index (χ0v) is 21.5. The van der Waals surface area contributed by atoms with E-state index in [0.29, 0.717) is 43.2 Å². The Balaban J connectivity index is 2.00. The number of nitriles is 1. The number of nitrogens with one attached hydrogen (secondary N) is 1. The molecule has 1 aliphatic rings. The molecule has 0 saturated carbocycles. The van der Waals surface area contributed by atoms with Gasteiger partial charge in [0.2, 0.25) is 0 Å². The van der Waals surface area contributed by atoms with Gasteiger partial charge in [-0.15, -0.1) is 0 Å². The van der Waals surface area contributed by atoms with Gasteiger partial charge in [-0.1, -0.05) is 18.2 Å². The SMILES string of the molecule is CCn1c(N2CCC[C@@H](N)C2)c(C(=O)NCCOC)c2c1c(=O)n(Cc1ccccc1C#N)c(=O)n2C. The van der Waals surface area contributed by atoms with Gasteiger partial charge >= 0.3 is 5.69 Å². The Morgan fingerprint density at radius 1 is 1.24 bits per heavy atom. The number of fused-ring (bicyclic) bond motifs is 1. The van der Waals surface area contributed by atoms with Crippen LogP contribution in [0.5, 0.6) is 0 Å². The molecule has 1 aliphatic heterocycles. The third-order valence-corrected chi connectivity index (χ3v) is 6.87. The van der Waals surface area contributed by atoms with E-state index in [9.17, 15) is 19.6 Å². The number of aryl methyl sites for hydroxylation is 2. The molecule has 0 radical (unpaired) electrons. The molecule has 11 heteroatoms. The van der Waals surface area contributed by atoms with Crippen molar-refractivity contribution in [2.24, 2.45) is 12.8 Å². The molecule has 1 fully saturated rings. The molecule has 3 heterocycles. The van der Waals surface area contributed by atoms with Crippen molar-refractivity contribution in [1.29, 1.82) is 5.26 Å². The summed E-state index contributed by atoms with van der Waals surface area (Å²) in [5.41, 5.74) is 7.00. The van der Waals surface area contributed by atoms with Crippen LogP contribution in [0.4, 0.5) is 5.82 Å². The molecule has 0 unspecified atom stereocenters. The third-order valence-electron chi connectivity index (χ3n) is 6.87. The van der Waals surface area contributed by atoms with Gasteiger partial charge in [-0.2, -0.15) is 5.26 Å². The summed E-state index contributed by atoms with van der Waals surface area (Å²) in [4.78, 5) is 43.0. The zero-order valence-electron chi connectivity index (χ0n) is 21.5. The normalized spacial score (nSPS) is 15.6. The average Bonchev–Trinajstić information content (AvgIpc) is 3.26. The van der Waals surface area contributed by atoms with Gasteiger partial charge in [0.25, 0.3) is 11.5 Å². The highest BCUT2D eigenvalue weighted by Gasteiger charge is 2.32. The lowest BCUT2D eigenvalue weighted by molar-refractivity contribution is 0.0938. The van der Waals surface area contributed by atoms with Crippen molar-refractivity contribution in [3.05, 3.63) is 61.8 Å². The van der Waals surface area contributed by atoms with Crippen molar-refractivity contribution in [2.75, 3.05) is 38.3 Å². The molecule has 1 aromatic carbocycles. The molecule has 37 heavy (non-hydrogen) atoms. The summed E-state index contributed by atoms with van der Waals surface area (Å²) in [5.74, 6) is 0.204. The highest BCUT2D eigenvalue weighted by atomic mass is 16.5. The largest absolute Gasteiger partial charge is 0.383 e. The summed E-state index contributed by atoms with van der Waals surface area (Å²) in [5, 5.41) is 12.4. The molecule has 4 rings (SSSR count). The molecule has 1 amide bonds. The van der Waals surface area contributed by atoms with E-state index in [2.05, 4.69) is 11.4 Å². The first-order chi connectivity index (χ1) is 17.8. The quantitative estimate of drug-likeness (QED) is 0.429. The van der Waals surface area contributed by atoms with Crippen LogP contribution in [-0.4, -0.2) is 59.0 Å². The maximum atomic E-state index is 13.9. The van der Waals surface area contributed by atoms with E-state index in [1.165, 1.54) is 4.57 Å². The predicted molar refractivity (Wildman–Crippen MR) is 141 cm³/mol. The Hall–Kier alpha value is -3.88. The number of nitrogens with two attached hydrogens (primary N) is 1. The topological polar surface area (TPSA) is 140 Å². The van der Waals surface area contributed by atoms with E-state index in [-0.39, 0.29) is 41.6 Å². The number of carbonyl (C=O) groups is 1. The van der Waals surface area contributed by atoms with Crippen molar-refractivity contribution < 1.29 is 9.53 Å². The fourth-order valence-electron chi connectivity index (χ4n) is 5.11. The maximum absolute atomic E-state index is 13.9. The van der Waals surface area contributed by atoms with Crippen LogP contribution in [0.3, 0.4) is 0 Å². The average molecular weight is 508 g/mol. The van der Waals surface area contributed by atoms with Crippen molar-refractivity contribution in [3.8, 4) is 6.07 Å². The van der Waals surface area contributed by atoms with E-state index in [1.807, 2.05) is 16.4 Å². The number of hydrogen-bond donors (Lipinski definition) is 2. The Morgan fingerprint density at radius 2 is 2.00 bits per heavy atom. The first-order valence-corrected chi connectivity index (χ1v) is 12.5. The Labute approximate surface area is 214 Å². The standard InChI is InChI=1S/C26H33N7O4/c1-4-32-22-21(20(23(34)29-11-13-37-3)24(32)31-12-7-10-19(28)16-31)30(2)26(36)33(25(22)35)15-18-9-6-5-8-17(18)14-27/h5-6,8-9,19H,4,7,10-13,15-16,28H2,1-3H3,(H,29,34)/t19-/m1/s1. The molecule has 1 atom stereocenters. The van der Waals surface area contributed by atoms with Gasteiger partial charge in [0.05, 0.1) is 30.3 Å². The van der Waals surface area contributed by atoms with Gasteiger partial charge in [-0.3, -0.25) is 18.7 Å². The number of nitrogens with zero attached hydrogens (tertiary/aromatic N) is 5. The monoisotopic (exact) mass is 507 g/mol. The van der Waals surface area contributed by atoms with Crippen LogP contribution in [0, 0.1) is 11.3 Å². The predicted octanol–water partition coefficient (Wildman–Crippen LogP) is 0.745. The van der Waals surface area contributed by atoms with Gasteiger partial charge in [-0.05, 0) is 31.4 Å². The van der Waals surface area contributed by atoms with Crippen LogP contribution < -0.4 is 27.2 Å². The molecule has 0 bridgehead atoms. The molecule has 2 aromatic heterocycles. The van der Waals surface area contributed by atoms with Crippen LogP contribution in [0.15, 0.2) is 33.9 Å². The number of benzene rings is 1. The number of rotatable bonds is 8. The van der Waals surface area contributed by atoms with Crippen LogP contribution >= 0.6 is 0 Å². The molecule has 0 aliphatic carbocycles. The van der Waals surface area contributed by atoms with Crippen molar-refractivity contribution in [3.63, 3.8) is 0 Å². The minimum atomic E-state index is -0.564. The fourth-order valence-corrected chi connectivity index (χ4v) is 5.11. The van der Waals surface area contributed by atoms with Gasteiger partial charge < -0.3 is 25.3 Å². The van der Waals surface area contributed by atoms with Crippen LogP contribution in [0.2, 0.25) is 0 Å². The van der Waals surface area contributed by atoms with Gasteiger partial charge in [0, 0.05) is 46.4 Å². The van der Waals surface area contributed by atoms with E-state index in [0.717, 1.165) is 17.4 Å². The molecular weight excluding hydrogens is 474 g/mol. The van der Waals surface area contributed by atoms with Crippen molar-refractivity contribution in [2.45, 2.75) is 38.9 Å². The summed E-state index contributed by atoms with van der Waals surface area (Å²) < 4.78 is 9.38. The van der Waals surface area contributed by atoms with Crippen molar-refractivity contribution in [1.82, 2.24) is 19.0 Å². The second-order valence-corrected chi connectivity index (χ2v) is 9.24. The molecule has 196 valence electrons. The molecule has 0 spiro atoms. The number of methoxy groups -OCH3 is 1. The van der Waals surface area contributed by atoms with Crippen molar-refractivity contribution >= 4 is 22.8 Å². The number of aromatic nitrogens is 3. The molecule has 1 saturated heterocycles. The number of piperidine rings is 1. The Morgan fingerprint density at radius 3 is 2.68 bits per heavy atom. The van der Waals surface area contributed by atoms with Gasteiger partial charge in [0.1, 0.15) is 16.9 Å². The fraction of sp³-hybridized carbons (Fsp3) is 0.462. The minimum Gasteiger partial charge on any atom is -0.383 e. The number of amides is 1. The minimum absolute atomic E-state index is 0.0562. The van der Waals surface area contributed by atoms with Crippen LogP contribution in [0.1, 0.15) is 41.3 Å². The molecule has 3 N–H and O–H groups in total. The van der Waals surface area contributed by atoms with E-state index >= 15 is 0 Å². The van der Waals surface area contributed by atoms with E-state index in [1.54, 1.807) is 38.4 Å². The van der Waals surface area contributed by atoms with Gasteiger partial charge in [0.15, 0.2) is 0 Å². The highest BCUT2D eigenvalue weighted by molar-refractivity contribution is 6.11. The molecule has 11 nitrogen and oxygen atoms in total. The number of carbonyl (C=O) groups excluding carboxylic acids is 1. The first-order valence-electron chi connectivity index (χ1n) is 12.5. The second kappa shape index (κ2) is 11.0. The summed E-state index contributed by atoms with van der Waals surface area (Å²) in [7, 11) is 3.11. The Bertz CT molecular complexity index is 1480. The first kappa shape index (κ1) is 26.2. The van der Waals surface area contributed by atoms with E-state index in [4.69, 9.17) is 10.5 Å². The third kappa shape index (κ3) is 4.77. The Kier molecular flexibility index (Phi) is 7.80. The summed E-state index contributed by atoms with van der Waals surface area (Å²) in [6.45, 7) is 4.07. The summed E-state index contributed by atoms with van der Waals surface area (Å²) >= 11 is 0. The zero-order chi connectivity index (χ0) is 26.7. The lowest BCUT2D eigenvalue weighted by Gasteiger charge is -2.33. The number of ether oxygens (including phenoxy) is 1. The van der Waals surface area contributed by atoms with Crippen LogP contribution in [-0.2, 0) is 24.9 Å². The molecule has 3 aromatic rings. The van der Waals surface area contributed by atoms with Crippen LogP contribution in [0.25, 0.3) is 11.0 Å². The van der Waals surface area contributed by atoms with E-state index < -0.39 is 11.2 Å². The van der Waals surface area contributed by atoms with Gasteiger partial charge in [-0.25, -0.2) is 4.79 Å². The maximum Gasteiger partial charge on any atom is 0.331 e. The second-order valence-electron chi connectivity index (χ2n) is 9.24. The smallest absolute Gasteiger partial charge is 0.331 e.